The first kappa shape index (κ1) is 16.5. The van der Waals surface area contributed by atoms with E-state index in [4.69, 9.17) is 9.47 Å². The summed E-state index contributed by atoms with van der Waals surface area (Å²) < 4.78 is 11.0. The Labute approximate surface area is 140 Å². The predicted molar refractivity (Wildman–Crippen MR) is 87.2 cm³/mol. The van der Waals surface area contributed by atoms with Crippen molar-refractivity contribution in [2.24, 2.45) is 0 Å². The molecule has 0 amide bonds. The van der Waals surface area contributed by atoms with E-state index in [0.717, 1.165) is 54.8 Å². The molecule has 1 aliphatic rings. The molecule has 0 aliphatic carbocycles. The third-order valence-electron chi connectivity index (χ3n) is 3.73. The zero-order valence-corrected chi connectivity index (χ0v) is 14.4. The van der Waals surface area contributed by atoms with E-state index in [9.17, 15) is 0 Å². The summed E-state index contributed by atoms with van der Waals surface area (Å²) in [5.74, 6) is 1.70. The highest BCUT2D eigenvalue weighted by Crippen LogP contribution is 2.21. The molecule has 3 rings (SSSR count). The Morgan fingerprint density at radius 3 is 3.22 bits per heavy atom. The van der Waals surface area contributed by atoms with Crippen molar-refractivity contribution >= 4 is 11.3 Å². The van der Waals surface area contributed by atoms with E-state index in [1.807, 2.05) is 0 Å². The van der Waals surface area contributed by atoms with Gasteiger partial charge in [0.25, 0.3) is 0 Å². The number of nitrogens with zero attached hydrogens (tertiary/aromatic N) is 4. The number of thiazole rings is 1. The lowest BCUT2D eigenvalue weighted by molar-refractivity contribution is -0.0374. The molecule has 8 heteroatoms. The number of morpholine rings is 1. The predicted octanol–water partition coefficient (Wildman–Crippen LogP) is 1.93. The van der Waals surface area contributed by atoms with Crippen LogP contribution in [-0.2, 0) is 29.0 Å². The van der Waals surface area contributed by atoms with Gasteiger partial charge in [0.05, 0.1) is 18.9 Å². The first-order valence-corrected chi connectivity index (χ1v) is 8.83. The van der Waals surface area contributed by atoms with Crippen molar-refractivity contribution in [2.75, 3.05) is 26.8 Å². The monoisotopic (exact) mass is 337 g/mol. The van der Waals surface area contributed by atoms with Crippen LogP contribution in [-0.4, -0.2) is 51.9 Å². The molecule has 126 valence electrons. The molecule has 3 heterocycles. The van der Waals surface area contributed by atoms with Gasteiger partial charge in [-0.05, 0) is 6.42 Å². The van der Waals surface area contributed by atoms with Crippen LogP contribution in [0.1, 0.15) is 41.8 Å². The van der Waals surface area contributed by atoms with Crippen molar-refractivity contribution in [1.29, 1.82) is 0 Å². The van der Waals surface area contributed by atoms with Crippen molar-refractivity contribution in [3.63, 3.8) is 0 Å². The lowest BCUT2D eigenvalue weighted by Crippen LogP contribution is -2.38. The molecule has 0 aromatic carbocycles. The highest BCUT2D eigenvalue weighted by Gasteiger charge is 2.25. The van der Waals surface area contributed by atoms with Gasteiger partial charge in [-0.1, -0.05) is 6.92 Å². The van der Waals surface area contributed by atoms with Gasteiger partial charge in [-0.15, -0.1) is 11.3 Å². The number of aromatic amines is 1. The lowest BCUT2D eigenvalue weighted by atomic mass is 10.2. The van der Waals surface area contributed by atoms with Gasteiger partial charge in [0.15, 0.2) is 5.82 Å². The van der Waals surface area contributed by atoms with Gasteiger partial charge in [0.2, 0.25) is 0 Å². The molecule has 0 spiro atoms. The van der Waals surface area contributed by atoms with Gasteiger partial charge in [0.1, 0.15) is 16.9 Å². The molecular formula is C15H23N5O2S. The third-order valence-corrected chi connectivity index (χ3v) is 4.60. The maximum Gasteiger partial charge on any atom is 0.180 e. The summed E-state index contributed by atoms with van der Waals surface area (Å²) in [7, 11) is 1.69. The second-order valence-electron chi connectivity index (χ2n) is 5.65. The van der Waals surface area contributed by atoms with Crippen molar-refractivity contribution in [1.82, 2.24) is 25.1 Å². The van der Waals surface area contributed by atoms with E-state index < -0.39 is 0 Å². The van der Waals surface area contributed by atoms with E-state index in [2.05, 4.69) is 37.4 Å². The molecule has 2 aromatic rings. The molecule has 1 atom stereocenters. The largest absolute Gasteiger partial charge is 0.378 e. The fraction of sp³-hybridized carbons (Fsp3) is 0.667. The number of nitrogens with one attached hydrogen (secondary N) is 1. The van der Waals surface area contributed by atoms with E-state index in [1.54, 1.807) is 18.4 Å². The summed E-state index contributed by atoms with van der Waals surface area (Å²) in [6.45, 7) is 5.92. The zero-order chi connectivity index (χ0) is 16.1. The van der Waals surface area contributed by atoms with Crippen molar-refractivity contribution in [3.05, 3.63) is 27.7 Å². The van der Waals surface area contributed by atoms with Crippen LogP contribution in [0.25, 0.3) is 0 Å². The quantitative estimate of drug-likeness (QED) is 0.832. The number of aryl methyl sites for hydroxylation is 1. The maximum atomic E-state index is 5.84. The fourth-order valence-corrected chi connectivity index (χ4v) is 3.40. The Morgan fingerprint density at radius 1 is 1.48 bits per heavy atom. The highest BCUT2D eigenvalue weighted by atomic mass is 32.1. The smallest absolute Gasteiger partial charge is 0.180 e. The molecule has 1 aliphatic heterocycles. The van der Waals surface area contributed by atoms with E-state index in [-0.39, 0.29) is 6.10 Å². The molecule has 0 bridgehead atoms. The van der Waals surface area contributed by atoms with Gasteiger partial charge in [-0.25, -0.2) is 9.97 Å². The molecule has 1 fully saturated rings. The second-order valence-corrected chi connectivity index (χ2v) is 6.59. The first-order chi connectivity index (χ1) is 11.3. The van der Waals surface area contributed by atoms with Crippen LogP contribution >= 0.6 is 11.3 Å². The Hall–Kier alpha value is -1.35. The normalized spacial score (nSPS) is 19.3. The lowest BCUT2D eigenvalue weighted by Gasteiger charge is -2.30. The van der Waals surface area contributed by atoms with Gasteiger partial charge >= 0.3 is 0 Å². The first-order valence-electron chi connectivity index (χ1n) is 7.95. The van der Waals surface area contributed by atoms with Crippen LogP contribution in [0.5, 0.6) is 0 Å². The maximum absolute atomic E-state index is 5.84. The third kappa shape index (κ3) is 4.35. The number of hydrogen-bond donors (Lipinski definition) is 1. The Balaban J connectivity index is 1.58. The van der Waals surface area contributed by atoms with Crippen LogP contribution in [0.15, 0.2) is 5.38 Å². The second kappa shape index (κ2) is 7.96. The summed E-state index contributed by atoms with van der Waals surface area (Å²) in [4.78, 5) is 11.5. The van der Waals surface area contributed by atoms with Gasteiger partial charge in [-0.3, -0.25) is 10.00 Å². The molecule has 0 unspecified atom stereocenters. The molecular weight excluding hydrogens is 314 g/mol. The molecule has 0 saturated carbocycles. The van der Waals surface area contributed by atoms with E-state index in [0.29, 0.717) is 13.2 Å². The number of hydrogen-bond acceptors (Lipinski definition) is 7. The van der Waals surface area contributed by atoms with Crippen LogP contribution in [0.4, 0.5) is 0 Å². The minimum absolute atomic E-state index is 0.0670. The topological polar surface area (TPSA) is 76.2 Å². The summed E-state index contributed by atoms with van der Waals surface area (Å²) >= 11 is 1.64. The minimum atomic E-state index is -0.0670. The van der Waals surface area contributed by atoms with Crippen molar-refractivity contribution in [3.8, 4) is 0 Å². The summed E-state index contributed by atoms with van der Waals surface area (Å²) in [6, 6.07) is 0. The van der Waals surface area contributed by atoms with Crippen molar-refractivity contribution in [2.45, 2.75) is 39.0 Å². The molecule has 23 heavy (non-hydrogen) atoms. The molecule has 7 nitrogen and oxygen atoms in total. The molecule has 2 aromatic heterocycles. The van der Waals surface area contributed by atoms with Crippen LogP contribution in [0, 0.1) is 0 Å². The fourth-order valence-electron chi connectivity index (χ4n) is 2.65. The average Bonchev–Trinajstić information content (AvgIpc) is 3.18. The number of rotatable bonds is 7. The summed E-state index contributed by atoms with van der Waals surface area (Å²) in [5.41, 5.74) is 1.09. The Morgan fingerprint density at radius 2 is 2.39 bits per heavy atom. The van der Waals surface area contributed by atoms with Crippen molar-refractivity contribution < 1.29 is 9.47 Å². The summed E-state index contributed by atoms with van der Waals surface area (Å²) in [6.07, 6.45) is 1.91. The molecule has 1 saturated heterocycles. The Bertz CT molecular complexity index is 615. The number of aromatic nitrogens is 4. The van der Waals surface area contributed by atoms with Gasteiger partial charge in [-0.2, -0.15) is 5.10 Å². The minimum Gasteiger partial charge on any atom is -0.378 e. The van der Waals surface area contributed by atoms with Gasteiger partial charge < -0.3 is 9.47 Å². The van der Waals surface area contributed by atoms with Crippen LogP contribution in [0.3, 0.4) is 0 Å². The van der Waals surface area contributed by atoms with Crippen LogP contribution < -0.4 is 0 Å². The SMILES string of the molecule is CCCc1nc([C@@H]2CN(Cc3csc(COC)n3)CCO2)n[nH]1. The van der Waals surface area contributed by atoms with Crippen LogP contribution in [0.2, 0.25) is 0 Å². The number of H-pyrrole nitrogens is 1. The highest BCUT2D eigenvalue weighted by molar-refractivity contribution is 7.09. The zero-order valence-electron chi connectivity index (χ0n) is 13.6. The number of methoxy groups -OCH3 is 1. The standard InChI is InChI=1S/C15H23N5O2S/c1-3-4-13-17-15(19-18-13)12-8-20(5-6-22-12)7-11-10-23-14(16-11)9-21-2/h10,12H,3-9H2,1-2H3,(H,17,18,19)/t12-/m0/s1. The number of ether oxygens (including phenoxy) is 2. The Kier molecular flexibility index (Phi) is 5.71. The molecule has 0 radical (unpaired) electrons. The van der Waals surface area contributed by atoms with E-state index >= 15 is 0 Å². The summed E-state index contributed by atoms with van der Waals surface area (Å²) in [5, 5.41) is 10.4. The van der Waals surface area contributed by atoms with Gasteiger partial charge in [0, 0.05) is 38.5 Å². The average molecular weight is 337 g/mol. The molecule has 1 N–H and O–H groups in total. The van der Waals surface area contributed by atoms with E-state index in [1.165, 1.54) is 0 Å².